The zero-order chi connectivity index (χ0) is 23.0. The Morgan fingerprint density at radius 2 is 0.865 bits per heavy atom. The number of rotatable bonds is 4. The molecular formula is C34H42Cl2Hf. The summed E-state index contributed by atoms with van der Waals surface area (Å²) in [5.74, 6) is 1.75. The number of hydrogen-bond donors (Lipinski definition) is 0. The van der Waals surface area contributed by atoms with Gasteiger partial charge in [-0.2, -0.15) is 0 Å². The van der Waals surface area contributed by atoms with Crippen molar-refractivity contribution < 1.29 is 20.0 Å². The first-order valence-corrected chi connectivity index (χ1v) is 23.3. The van der Waals surface area contributed by atoms with Crippen LogP contribution >= 0.6 is 24.8 Å². The second-order valence-corrected chi connectivity index (χ2v) is 29.5. The zero-order valence-corrected chi connectivity index (χ0v) is 27.3. The molecule has 4 atom stereocenters. The summed E-state index contributed by atoms with van der Waals surface area (Å²) in [5.41, 5.74) is 10.7. The number of benzene rings is 2. The molecule has 0 N–H and O–H groups in total. The zero-order valence-electron chi connectivity index (χ0n) is 22.0. The van der Waals surface area contributed by atoms with E-state index >= 15 is 0 Å². The van der Waals surface area contributed by atoms with Gasteiger partial charge in [0.15, 0.2) is 0 Å². The Morgan fingerprint density at radius 1 is 0.486 bits per heavy atom. The van der Waals surface area contributed by atoms with E-state index in [1.165, 1.54) is 64.2 Å². The quantitative estimate of drug-likeness (QED) is 0.279. The number of allylic oxidation sites excluding steroid dienone is 2. The van der Waals surface area contributed by atoms with Crippen LogP contribution in [0.15, 0.2) is 59.7 Å². The summed E-state index contributed by atoms with van der Waals surface area (Å²) in [5, 5.41) is 0. The Hall–Kier alpha value is -0.630. The van der Waals surface area contributed by atoms with Crippen LogP contribution in [-0.4, -0.2) is 0 Å². The van der Waals surface area contributed by atoms with E-state index in [2.05, 4.69) is 60.7 Å². The number of hydrogen-bond acceptors (Lipinski definition) is 0. The Labute approximate surface area is 240 Å². The van der Waals surface area contributed by atoms with E-state index in [4.69, 9.17) is 0 Å². The molecule has 4 unspecified atom stereocenters. The molecule has 196 valence electrons. The minimum Gasteiger partial charge on any atom is -0.147 e. The van der Waals surface area contributed by atoms with Crippen LogP contribution in [0.4, 0.5) is 0 Å². The average Bonchev–Trinajstić information content (AvgIpc) is 3.55. The molecule has 0 bridgehead atoms. The van der Waals surface area contributed by atoms with E-state index < -0.39 is 20.0 Å². The third-order valence-corrected chi connectivity index (χ3v) is 36.1. The second kappa shape index (κ2) is 10.4. The van der Waals surface area contributed by atoms with Gasteiger partial charge >= 0.3 is 218 Å². The first-order chi connectivity index (χ1) is 17.4. The van der Waals surface area contributed by atoms with Gasteiger partial charge in [-0.1, -0.05) is 0 Å². The standard InChI is InChI=1S/2C14H15.C6H10.2ClH.Hf/c2*1-2-6-11(5-1)14-9-12-7-3-4-8-13(12)10-14;1-2-4-6-5-3-1;;;/h2*3-4,7-11H,1-2,5-6H2;1-2H,3-6H2;2*1H;. The smallest absolute Gasteiger partial charge is 0.147 e. The van der Waals surface area contributed by atoms with Gasteiger partial charge in [-0.15, -0.1) is 24.8 Å². The maximum atomic E-state index is 2.75. The van der Waals surface area contributed by atoms with Gasteiger partial charge in [0.05, 0.1) is 0 Å². The van der Waals surface area contributed by atoms with Crippen LogP contribution in [0.3, 0.4) is 0 Å². The van der Waals surface area contributed by atoms with E-state index in [-0.39, 0.29) is 24.8 Å². The van der Waals surface area contributed by atoms with Crippen LogP contribution in [0.25, 0.3) is 12.2 Å². The molecule has 2 aromatic rings. The molecule has 5 aliphatic carbocycles. The first-order valence-electron chi connectivity index (χ1n) is 15.0. The normalized spacial score (nSPS) is 34.1. The fourth-order valence-electron chi connectivity index (χ4n) is 10.3. The largest absolute Gasteiger partial charge is 0.147 e. The summed E-state index contributed by atoms with van der Waals surface area (Å²) in [6, 6.07) is 19.5. The van der Waals surface area contributed by atoms with Crippen molar-refractivity contribution in [2.24, 2.45) is 11.8 Å². The first kappa shape index (κ1) is 26.6. The van der Waals surface area contributed by atoms with Crippen molar-refractivity contribution in [1.82, 2.24) is 0 Å². The topological polar surface area (TPSA) is 0 Å². The van der Waals surface area contributed by atoms with Gasteiger partial charge in [0, 0.05) is 0 Å². The molecular weight excluding hydrogens is 658 g/mol. The monoisotopic (exact) mass is 700 g/mol. The third kappa shape index (κ3) is 3.91. The fourth-order valence-corrected chi connectivity index (χ4v) is 46.0. The third-order valence-electron chi connectivity index (χ3n) is 11.5. The van der Waals surface area contributed by atoms with E-state index in [1.54, 1.807) is 35.1 Å². The van der Waals surface area contributed by atoms with E-state index in [9.17, 15) is 0 Å². The molecule has 0 amide bonds. The summed E-state index contributed by atoms with van der Waals surface area (Å²) in [4.78, 5) is 0. The Morgan fingerprint density at radius 3 is 1.30 bits per heavy atom. The van der Waals surface area contributed by atoms with Crippen molar-refractivity contribution in [1.29, 1.82) is 0 Å². The van der Waals surface area contributed by atoms with Crippen LogP contribution in [0, 0.1) is 11.8 Å². The molecule has 3 heteroatoms. The molecule has 6 aliphatic rings. The van der Waals surface area contributed by atoms with Crippen molar-refractivity contribution in [2.75, 3.05) is 0 Å². The average molecular weight is 700 g/mol. The second-order valence-electron chi connectivity index (χ2n) is 12.9. The van der Waals surface area contributed by atoms with Crippen molar-refractivity contribution in [3.63, 3.8) is 0 Å². The summed E-state index contributed by atoms with van der Waals surface area (Å²) in [6.07, 6.45) is 23.3. The van der Waals surface area contributed by atoms with Gasteiger partial charge in [-0.25, -0.2) is 0 Å². The summed E-state index contributed by atoms with van der Waals surface area (Å²) in [7, 11) is 0. The molecule has 0 radical (unpaired) electrons. The summed E-state index contributed by atoms with van der Waals surface area (Å²) >= 11 is -2.94. The molecule has 2 aromatic carbocycles. The Kier molecular flexibility index (Phi) is 7.48. The van der Waals surface area contributed by atoms with E-state index in [0.717, 1.165) is 26.5 Å². The number of halogens is 2. The molecule has 0 nitrogen and oxygen atoms in total. The summed E-state index contributed by atoms with van der Waals surface area (Å²) < 4.78 is 4.02. The molecule has 0 aromatic heterocycles. The van der Waals surface area contributed by atoms with Crippen LogP contribution in [0.5, 0.6) is 0 Å². The maximum Gasteiger partial charge on any atom is -0.147 e. The van der Waals surface area contributed by atoms with Gasteiger partial charge in [-0.3, -0.25) is 0 Å². The predicted molar refractivity (Wildman–Crippen MR) is 159 cm³/mol. The molecule has 3 saturated carbocycles. The van der Waals surface area contributed by atoms with Crippen molar-refractivity contribution in [3.8, 4) is 0 Å². The minimum atomic E-state index is -2.94. The Balaban J connectivity index is 0.00000126. The van der Waals surface area contributed by atoms with Crippen LogP contribution < -0.4 is 0 Å². The van der Waals surface area contributed by atoms with Gasteiger partial charge in [-0.05, 0) is 0 Å². The molecule has 0 spiro atoms. The van der Waals surface area contributed by atoms with Crippen molar-refractivity contribution in [3.05, 3.63) is 81.9 Å². The number of fused-ring (bicyclic) bond motifs is 3. The fraction of sp³-hybridized carbons (Fsp3) is 0.529. The van der Waals surface area contributed by atoms with Gasteiger partial charge in [0.25, 0.3) is 0 Å². The van der Waals surface area contributed by atoms with Gasteiger partial charge < -0.3 is 0 Å². The van der Waals surface area contributed by atoms with Crippen molar-refractivity contribution in [2.45, 2.75) is 91.7 Å². The Bertz CT molecular complexity index is 1120. The molecule has 1 saturated heterocycles. The summed E-state index contributed by atoms with van der Waals surface area (Å²) in [6.45, 7) is 0. The van der Waals surface area contributed by atoms with E-state index in [1.807, 2.05) is 11.1 Å². The van der Waals surface area contributed by atoms with E-state index in [0.29, 0.717) is 0 Å². The van der Waals surface area contributed by atoms with Gasteiger partial charge in [0.1, 0.15) is 0 Å². The van der Waals surface area contributed by atoms with Gasteiger partial charge in [0.2, 0.25) is 0 Å². The van der Waals surface area contributed by atoms with Crippen LogP contribution in [0.2, 0.25) is 7.35 Å². The molecule has 1 aliphatic heterocycles. The molecule has 4 fully saturated rings. The van der Waals surface area contributed by atoms with Crippen molar-refractivity contribution >= 4 is 37.0 Å². The molecule has 37 heavy (non-hydrogen) atoms. The minimum absolute atomic E-state index is 0. The SMILES string of the molecule is C1=C(C2CCCC2)[CH]([Hf]2([CH]3C(C4CCCC4)=Cc4ccccc43)[CH]3CCCC[CH]32)c2ccccc21.Cl.Cl. The molecule has 8 rings (SSSR count). The predicted octanol–water partition coefficient (Wildman–Crippen LogP) is 10.8. The van der Waals surface area contributed by atoms with Crippen LogP contribution in [0.1, 0.15) is 107 Å². The van der Waals surface area contributed by atoms with Crippen LogP contribution in [-0.2, 0) is 20.0 Å². The molecule has 1 heterocycles. The maximum absolute atomic E-state index is 2.94.